The first-order valence-electron chi connectivity index (χ1n) is 6.38. The summed E-state index contributed by atoms with van der Waals surface area (Å²) in [6.07, 6.45) is 0.685. The predicted molar refractivity (Wildman–Crippen MR) is 81.2 cm³/mol. The monoisotopic (exact) mass is 306 g/mol. The zero-order valence-electron chi connectivity index (χ0n) is 11.7. The van der Waals surface area contributed by atoms with Gasteiger partial charge in [-0.05, 0) is 30.7 Å². The molecule has 1 aromatic carbocycles. The summed E-state index contributed by atoms with van der Waals surface area (Å²) in [6, 6.07) is 7.81. The second-order valence-electron chi connectivity index (χ2n) is 4.36. The van der Waals surface area contributed by atoms with Crippen molar-refractivity contribution in [2.24, 2.45) is 0 Å². The van der Waals surface area contributed by atoms with Crippen molar-refractivity contribution in [3.05, 3.63) is 46.7 Å². The van der Waals surface area contributed by atoms with Gasteiger partial charge in [-0.3, -0.25) is 4.79 Å². The third-order valence-corrected chi connectivity index (χ3v) is 3.10. The van der Waals surface area contributed by atoms with Crippen LogP contribution in [0.15, 0.2) is 30.3 Å². The molecule has 0 fully saturated rings. The quantitative estimate of drug-likeness (QED) is 0.850. The van der Waals surface area contributed by atoms with Crippen molar-refractivity contribution in [3.63, 3.8) is 0 Å². The van der Waals surface area contributed by atoms with Gasteiger partial charge in [0.25, 0.3) is 5.91 Å². The van der Waals surface area contributed by atoms with Gasteiger partial charge in [-0.1, -0.05) is 18.5 Å². The van der Waals surface area contributed by atoms with E-state index in [-0.39, 0.29) is 16.8 Å². The van der Waals surface area contributed by atoms with Crippen molar-refractivity contribution in [2.45, 2.75) is 13.3 Å². The average Bonchev–Trinajstić information content (AvgIpc) is 2.46. The first-order valence-corrected chi connectivity index (χ1v) is 6.76. The fourth-order valence-corrected chi connectivity index (χ4v) is 2.06. The van der Waals surface area contributed by atoms with Gasteiger partial charge in [0, 0.05) is 23.0 Å². The number of benzene rings is 1. The second-order valence-corrected chi connectivity index (χ2v) is 4.75. The minimum atomic E-state index is -0.321. The first-order chi connectivity index (χ1) is 10.0. The Morgan fingerprint density at radius 1 is 1.38 bits per heavy atom. The molecular weight excluding hydrogens is 292 g/mol. The van der Waals surface area contributed by atoms with Gasteiger partial charge in [-0.25, -0.2) is 4.98 Å². The minimum Gasteiger partial charge on any atom is -0.504 e. The largest absolute Gasteiger partial charge is 0.504 e. The molecule has 110 valence electrons. The number of anilines is 1. The van der Waals surface area contributed by atoms with E-state index in [0.29, 0.717) is 23.4 Å². The molecule has 0 saturated heterocycles. The summed E-state index contributed by atoms with van der Waals surface area (Å²) < 4.78 is 4.95. The molecule has 1 amide bonds. The van der Waals surface area contributed by atoms with Crippen LogP contribution in [0.2, 0.25) is 5.15 Å². The van der Waals surface area contributed by atoms with Crippen molar-refractivity contribution in [1.29, 1.82) is 0 Å². The van der Waals surface area contributed by atoms with Gasteiger partial charge in [0.2, 0.25) is 0 Å². The van der Waals surface area contributed by atoms with Crippen LogP contribution in [0, 0.1) is 0 Å². The molecule has 2 aromatic rings. The number of carbonyl (C=O) groups is 1. The summed E-state index contributed by atoms with van der Waals surface area (Å²) in [4.78, 5) is 16.3. The number of rotatable bonds is 4. The van der Waals surface area contributed by atoms with E-state index >= 15 is 0 Å². The number of nitrogens with one attached hydrogen (secondary N) is 1. The number of amides is 1. The van der Waals surface area contributed by atoms with Crippen LogP contribution in [0.1, 0.15) is 23.0 Å². The molecule has 6 heteroatoms. The van der Waals surface area contributed by atoms with Gasteiger partial charge in [0.15, 0.2) is 11.5 Å². The van der Waals surface area contributed by atoms with Gasteiger partial charge in [0.1, 0.15) is 5.15 Å². The Balaban J connectivity index is 2.21. The fraction of sp³-hybridized carbons (Fsp3) is 0.200. The van der Waals surface area contributed by atoms with E-state index in [4.69, 9.17) is 16.3 Å². The summed E-state index contributed by atoms with van der Waals surface area (Å²) in [6.45, 7) is 1.93. The summed E-state index contributed by atoms with van der Waals surface area (Å²) >= 11 is 5.89. The van der Waals surface area contributed by atoms with Gasteiger partial charge >= 0.3 is 0 Å². The van der Waals surface area contributed by atoms with Crippen LogP contribution >= 0.6 is 11.6 Å². The third kappa shape index (κ3) is 3.64. The Bertz CT molecular complexity index is 674. The lowest BCUT2D eigenvalue weighted by Crippen LogP contribution is -2.12. The molecule has 2 rings (SSSR count). The van der Waals surface area contributed by atoms with Gasteiger partial charge in [-0.2, -0.15) is 0 Å². The molecule has 0 aliphatic heterocycles. The highest BCUT2D eigenvalue weighted by Crippen LogP contribution is 2.28. The Labute approximate surface area is 127 Å². The Morgan fingerprint density at radius 2 is 2.14 bits per heavy atom. The molecule has 0 saturated carbocycles. The maximum Gasteiger partial charge on any atom is 0.255 e. The van der Waals surface area contributed by atoms with Crippen molar-refractivity contribution in [1.82, 2.24) is 4.98 Å². The molecule has 5 nitrogen and oxygen atoms in total. The fourth-order valence-electron chi connectivity index (χ4n) is 1.83. The Morgan fingerprint density at radius 3 is 2.76 bits per heavy atom. The van der Waals surface area contributed by atoms with Gasteiger partial charge in [0.05, 0.1) is 7.11 Å². The van der Waals surface area contributed by atoms with Crippen LogP contribution in [0.4, 0.5) is 5.69 Å². The van der Waals surface area contributed by atoms with Crippen molar-refractivity contribution >= 4 is 23.2 Å². The molecule has 21 heavy (non-hydrogen) atoms. The Kier molecular flexibility index (Phi) is 4.65. The molecule has 0 bridgehead atoms. The van der Waals surface area contributed by atoms with Crippen molar-refractivity contribution in [2.75, 3.05) is 12.4 Å². The molecule has 0 aliphatic carbocycles. The number of aromatic hydroxyl groups is 1. The molecule has 0 spiro atoms. The van der Waals surface area contributed by atoms with E-state index in [1.54, 1.807) is 18.2 Å². The third-order valence-electron chi connectivity index (χ3n) is 2.91. The van der Waals surface area contributed by atoms with E-state index in [0.717, 1.165) is 5.69 Å². The number of nitrogens with zero attached hydrogens (tertiary/aromatic N) is 1. The van der Waals surface area contributed by atoms with Crippen LogP contribution in [0.5, 0.6) is 11.5 Å². The van der Waals surface area contributed by atoms with E-state index in [2.05, 4.69) is 10.3 Å². The SMILES string of the molecule is CCc1cc(C(=O)Nc2ccc(OC)c(O)c2)cc(Cl)n1. The number of hydrogen-bond acceptors (Lipinski definition) is 4. The molecule has 2 N–H and O–H groups in total. The topological polar surface area (TPSA) is 71.5 Å². The average molecular weight is 307 g/mol. The highest BCUT2D eigenvalue weighted by atomic mass is 35.5. The lowest BCUT2D eigenvalue weighted by atomic mass is 10.2. The van der Waals surface area contributed by atoms with Gasteiger partial charge < -0.3 is 15.2 Å². The smallest absolute Gasteiger partial charge is 0.255 e. The van der Waals surface area contributed by atoms with Crippen LogP contribution < -0.4 is 10.1 Å². The van der Waals surface area contributed by atoms with Crippen molar-refractivity contribution in [3.8, 4) is 11.5 Å². The molecule has 0 atom stereocenters. The summed E-state index contributed by atoms with van der Waals surface area (Å²) in [5, 5.41) is 12.7. The van der Waals surface area contributed by atoms with Crippen LogP contribution in [0.25, 0.3) is 0 Å². The van der Waals surface area contributed by atoms with E-state index < -0.39 is 0 Å². The molecule has 0 unspecified atom stereocenters. The van der Waals surface area contributed by atoms with E-state index in [1.165, 1.54) is 19.2 Å². The number of phenolic OH excluding ortho intramolecular Hbond substituents is 1. The zero-order valence-corrected chi connectivity index (χ0v) is 12.4. The number of phenols is 1. The predicted octanol–water partition coefficient (Wildman–Crippen LogP) is 3.26. The standard InChI is InChI=1S/C15H15ClN2O3/c1-3-10-6-9(7-14(16)17-10)15(20)18-11-4-5-13(21-2)12(19)8-11/h4-8,19H,3H2,1-2H3,(H,18,20). The maximum absolute atomic E-state index is 12.2. The maximum atomic E-state index is 12.2. The number of aryl methyl sites for hydroxylation is 1. The number of carbonyl (C=O) groups excluding carboxylic acids is 1. The number of pyridine rings is 1. The first kappa shape index (κ1) is 15.1. The highest BCUT2D eigenvalue weighted by molar-refractivity contribution is 6.29. The number of hydrogen-bond donors (Lipinski definition) is 2. The normalized spacial score (nSPS) is 10.2. The van der Waals surface area contributed by atoms with Gasteiger partial charge in [-0.15, -0.1) is 0 Å². The number of ether oxygens (including phenoxy) is 1. The number of methoxy groups -OCH3 is 1. The molecule has 1 heterocycles. The minimum absolute atomic E-state index is 0.0442. The molecule has 1 aromatic heterocycles. The number of aromatic nitrogens is 1. The molecular formula is C15H15ClN2O3. The van der Waals surface area contributed by atoms with Crippen LogP contribution in [-0.4, -0.2) is 23.1 Å². The van der Waals surface area contributed by atoms with Crippen molar-refractivity contribution < 1.29 is 14.6 Å². The Hall–Kier alpha value is -2.27. The lowest BCUT2D eigenvalue weighted by molar-refractivity contribution is 0.102. The van der Waals surface area contributed by atoms with Crippen LogP contribution in [0.3, 0.4) is 0 Å². The summed E-state index contributed by atoms with van der Waals surface area (Å²) in [5.41, 5.74) is 1.62. The lowest BCUT2D eigenvalue weighted by Gasteiger charge is -2.09. The molecule has 0 aliphatic rings. The van der Waals surface area contributed by atoms with E-state index in [9.17, 15) is 9.90 Å². The zero-order chi connectivity index (χ0) is 15.4. The summed E-state index contributed by atoms with van der Waals surface area (Å²) in [7, 11) is 1.46. The van der Waals surface area contributed by atoms with E-state index in [1.807, 2.05) is 6.92 Å². The second kappa shape index (κ2) is 6.45. The van der Waals surface area contributed by atoms with Crippen LogP contribution in [-0.2, 0) is 6.42 Å². The summed E-state index contributed by atoms with van der Waals surface area (Å²) in [5.74, 6) is -0.0240. The highest BCUT2D eigenvalue weighted by Gasteiger charge is 2.10. The number of halogens is 1. The molecule has 0 radical (unpaired) electrons.